The average molecular weight is 335 g/mol. The van der Waals surface area contributed by atoms with Crippen LogP contribution in [-0.4, -0.2) is 24.3 Å². The molecule has 0 fully saturated rings. The van der Waals surface area contributed by atoms with E-state index in [2.05, 4.69) is 31.9 Å². The molecule has 1 aromatic carbocycles. The van der Waals surface area contributed by atoms with E-state index in [1.807, 2.05) is 13.0 Å². The molecule has 3 nitrogen and oxygen atoms in total. The van der Waals surface area contributed by atoms with Crippen molar-refractivity contribution in [2.45, 2.75) is 6.92 Å². The SMILES string of the molecule is Cc1c(Br)ccc(Br)c1C(=O)N(C)C=O. The number of nitrogens with zero attached hydrogens (tertiary/aromatic N) is 1. The first-order valence-electron chi connectivity index (χ1n) is 4.16. The fourth-order valence-electron chi connectivity index (χ4n) is 1.14. The minimum Gasteiger partial charge on any atom is -0.284 e. The minimum atomic E-state index is -0.323. The van der Waals surface area contributed by atoms with Crippen LogP contribution in [-0.2, 0) is 4.79 Å². The number of hydrogen-bond donors (Lipinski definition) is 0. The predicted molar refractivity (Wildman–Crippen MR) is 64.7 cm³/mol. The number of carbonyl (C=O) groups is 2. The van der Waals surface area contributed by atoms with Crippen LogP contribution >= 0.6 is 31.9 Å². The van der Waals surface area contributed by atoms with Gasteiger partial charge in [-0.25, -0.2) is 0 Å². The molecule has 1 rings (SSSR count). The lowest BCUT2D eigenvalue weighted by Gasteiger charge is -2.13. The lowest BCUT2D eigenvalue weighted by molar-refractivity contribution is -0.115. The summed E-state index contributed by atoms with van der Waals surface area (Å²) in [6, 6.07) is 3.61. The van der Waals surface area contributed by atoms with Crippen molar-refractivity contribution in [3.8, 4) is 0 Å². The molecule has 2 amide bonds. The first-order valence-corrected chi connectivity index (χ1v) is 5.74. The zero-order chi connectivity index (χ0) is 11.6. The Morgan fingerprint density at radius 1 is 1.33 bits per heavy atom. The van der Waals surface area contributed by atoms with Gasteiger partial charge in [0.05, 0.1) is 5.56 Å². The van der Waals surface area contributed by atoms with E-state index in [4.69, 9.17) is 0 Å². The van der Waals surface area contributed by atoms with E-state index in [0.29, 0.717) is 16.4 Å². The summed E-state index contributed by atoms with van der Waals surface area (Å²) < 4.78 is 1.52. The molecule has 0 unspecified atom stereocenters. The highest BCUT2D eigenvalue weighted by atomic mass is 79.9. The van der Waals surface area contributed by atoms with E-state index in [1.165, 1.54) is 7.05 Å². The topological polar surface area (TPSA) is 37.4 Å². The van der Waals surface area contributed by atoms with Crippen LogP contribution < -0.4 is 0 Å². The number of benzene rings is 1. The standard InChI is InChI=1S/C10H9Br2NO2/c1-6-7(11)3-4-8(12)9(6)10(15)13(2)5-14/h3-5H,1-2H3. The van der Waals surface area contributed by atoms with Crippen LogP contribution in [0.5, 0.6) is 0 Å². The Morgan fingerprint density at radius 2 is 1.87 bits per heavy atom. The van der Waals surface area contributed by atoms with Crippen molar-refractivity contribution in [3.63, 3.8) is 0 Å². The Morgan fingerprint density at radius 3 is 2.40 bits per heavy atom. The van der Waals surface area contributed by atoms with Gasteiger partial charge in [0.15, 0.2) is 0 Å². The first-order chi connectivity index (χ1) is 6.99. The molecule has 0 spiro atoms. The van der Waals surface area contributed by atoms with Gasteiger partial charge in [0.2, 0.25) is 6.41 Å². The number of rotatable bonds is 2. The molecule has 0 N–H and O–H groups in total. The van der Waals surface area contributed by atoms with Crippen molar-refractivity contribution in [1.82, 2.24) is 4.90 Å². The number of hydrogen-bond acceptors (Lipinski definition) is 2. The molecule has 0 heterocycles. The highest BCUT2D eigenvalue weighted by Gasteiger charge is 2.18. The van der Waals surface area contributed by atoms with Gasteiger partial charge in [-0.1, -0.05) is 15.9 Å². The Labute approximate surface area is 105 Å². The smallest absolute Gasteiger partial charge is 0.261 e. The van der Waals surface area contributed by atoms with Gasteiger partial charge in [-0.05, 0) is 40.5 Å². The molecule has 0 saturated carbocycles. The molecule has 1 aromatic rings. The van der Waals surface area contributed by atoms with Crippen LogP contribution in [0.2, 0.25) is 0 Å². The normalized spacial score (nSPS) is 9.87. The van der Waals surface area contributed by atoms with Gasteiger partial charge in [-0.2, -0.15) is 0 Å². The summed E-state index contributed by atoms with van der Waals surface area (Å²) in [5.74, 6) is -0.323. The molecule has 0 aliphatic heterocycles. The van der Waals surface area contributed by atoms with Gasteiger partial charge < -0.3 is 0 Å². The molecule has 0 radical (unpaired) electrons. The van der Waals surface area contributed by atoms with E-state index in [0.717, 1.165) is 14.9 Å². The Bertz CT molecular complexity index is 418. The molecular weight excluding hydrogens is 326 g/mol. The summed E-state index contributed by atoms with van der Waals surface area (Å²) in [4.78, 5) is 23.3. The summed E-state index contributed by atoms with van der Waals surface area (Å²) >= 11 is 6.63. The summed E-state index contributed by atoms with van der Waals surface area (Å²) in [5.41, 5.74) is 1.31. The van der Waals surface area contributed by atoms with E-state index >= 15 is 0 Å². The predicted octanol–water partition coefficient (Wildman–Crippen LogP) is 2.75. The van der Waals surface area contributed by atoms with E-state index in [9.17, 15) is 9.59 Å². The van der Waals surface area contributed by atoms with Crippen LogP contribution in [0.25, 0.3) is 0 Å². The molecular formula is C10H9Br2NO2. The quantitative estimate of drug-likeness (QED) is 0.780. The fraction of sp³-hybridized carbons (Fsp3) is 0.200. The van der Waals surface area contributed by atoms with Gasteiger partial charge in [-0.3, -0.25) is 14.5 Å². The van der Waals surface area contributed by atoms with Gasteiger partial charge in [-0.15, -0.1) is 0 Å². The van der Waals surface area contributed by atoms with Crippen LogP contribution in [0, 0.1) is 6.92 Å². The van der Waals surface area contributed by atoms with Crippen molar-refractivity contribution in [2.24, 2.45) is 0 Å². The lowest BCUT2D eigenvalue weighted by Crippen LogP contribution is -2.26. The third kappa shape index (κ3) is 2.46. The van der Waals surface area contributed by atoms with Crippen molar-refractivity contribution < 1.29 is 9.59 Å². The minimum absolute atomic E-state index is 0.323. The average Bonchev–Trinajstić information content (AvgIpc) is 2.22. The van der Waals surface area contributed by atoms with E-state index in [-0.39, 0.29) is 5.91 Å². The van der Waals surface area contributed by atoms with Crippen LogP contribution in [0.3, 0.4) is 0 Å². The van der Waals surface area contributed by atoms with Gasteiger partial charge in [0.1, 0.15) is 0 Å². The molecule has 80 valence electrons. The molecule has 5 heteroatoms. The fourth-order valence-corrected chi connectivity index (χ4v) is 2.07. The van der Waals surface area contributed by atoms with Crippen LogP contribution in [0.4, 0.5) is 0 Å². The van der Waals surface area contributed by atoms with E-state index < -0.39 is 0 Å². The molecule has 0 saturated heterocycles. The highest BCUT2D eigenvalue weighted by molar-refractivity contribution is 9.11. The van der Waals surface area contributed by atoms with Gasteiger partial charge in [0.25, 0.3) is 5.91 Å². The summed E-state index contributed by atoms with van der Waals surface area (Å²) in [6.45, 7) is 1.82. The molecule has 0 atom stereocenters. The summed E-state index contributed by atoms with van der Waals surface area (Å²) in [7, 11) is 1.43. The molecule has 0 bridgehead atoms. The lowest BCUT2D eigenvalue weighted by atomic mass is 10.1. The van der Waals surface area contributed by atoms with Crippen molar-refractivity contribution in [3.05, 3.63) is 32.2 Å². The van der Waals surface area contributed by atoms with Crippen molar-refractivity contribution in [2.75, 3.05) is 7.05 Å². The summed E-state index contributed by atoms with van der Waals surface area (Å²) in [6.07, 6.45) is 0.495. The van der Waals surface area contributed by atoms with Crippen molar-refractivity contribution >= 4 is 44.2 Å². The Balaban J connectivity index is 3.30. The van der Waals surface area contributed by atoms with E-state index in [1.54, 1.807) is 6.07 Å². The maximum atomic E-state index is 11.8. The number of amides is 2. The Kier molecular flexibility index (Phi) is 4.04. The molecule has 0 aliphatic carbocycles. The second kappa shape index (κ2) is 4.90. The van der Waals surface area contributed by atoms with Gasteiger partial charge in [0, 0.05) is 16.0 Å². The van der Waals surface area contributed by atoms with Gasteiger partial charge >= 0.3 is 0 Å². The maximum Gasteiger partial charge on any atom is 0.261 e. The second-order valence-electron chi connectivity index (χ2n) is 3.05. The monoisotopic (exact) mass is 333 g/mol. The largest absolute Gasteiger partial charge is 0.284 e. The number of carbonyl (C=O) groups excluding carboxylic acids is 2. The third-order valence-corrected chi connectivity index (χ3v) is 3.56. The number of imide groups is 1. The van der Waals surface area contributed by atoms with Crippen molar-refractivity contribution in [1.29, 1.82) is 0 Å². The first kappa shape index (κ1) is 12.4. The molecule has 15 heavy (non-hydrogen) atoms. The Hall–Kier alpha value is -0.680. The van der Waals surface area contributed by atoms with Crippen LogP contribution in [0.15, 0.2) is 21.1 Å². The zero-order valence-electron chi connectivity index (χ0n) is 8.25. The maximum absolute atomic E-state index is 11.8. The highest BCUT2D eigenvalue weighted by Crippen LogP contribution is 2.27. The third-order valence-electron chi connectivity index (χ3n) is 2.04. The summed E-state index contributed by atoms with van der Waals surface area (Å²) in [5, 5.41) is 0. The second-order valence-corrected chi connectivity index (χ2v) is 4.76. The number of halogens is 2. The van der Waals surface area contributed by atoms with Crippen LogP contribution in [0.1, 0.15) is 15.9 Å². The molecule has 0 aliphatic rings. The zero-order valence-corrected chi connectivity index (χ0v) is 11.4. The molecule has 0 aromatic heterocycles.